The Hall–Kier alpha value is -3.90. The summed E-state index contributed by atoms with van der Waals surface area (Å²) in [5, 5.41) is 6.50. The zero-order chi connectivity index (χ0) is 26.4. The zero-order valence-corrected chi connectivity index (χ0v) is 22.2. The monoisotopic (exact) mass is 496 g/mol. The van der Waals surface area contributed by atoms with Crippen molar-refractivity contribution in [3.63, 3.8) is 0 Å². The summed E-state index contributed by atoms with van der Waals surface area (Å²) in [5.74, 6) is -0.190. The number of carbonyl (C=O) groups excluding carboxylic acids is 2. The summed E-state index contributed by atoms with van der Waals surface area (Å²) in [6, 6.07) is 23.6. The first kappa shape index (κ1) is 26.2. The second kappa shape index (κ2) is 11.9. The van der Waals surface area contributed by atoms with Crippen LogP contribution in [0, 0.1) is 0 Å². The van der Waals surface area contributed by atoms with Crippen LogP contribution in [0.5, 0.6) is 0 Å². The smallest absolute Gasteiger partial charge is 0.258 e. The highest BCUT2D eigenvalue weighted by Crippen LogP contribution is 2.38. The molecular formula is C31H36N4O2. The number of rotatable bonds is 10. The molecule has 1 aliphatic rings. The van der Waals surface area contributed by atoms with E-state index in [9.17, 15) is 9.59 Å². The molecule has 0 fully saturated rings. The number of hydrogen-bond donors (Lipinski definition) is 2. The summed E-state index contributed by atoms with van der Waals surface area (Å²) >= 11 is 0. The average Bonchev–Trinajstić information content (AvgIpc) is 3.22. The van der Waals surface area contributed by atoms with Gasteiger partial charge in [0.2, 0.25) is 0 Å². The van der Waals surface area contributed by atoms with Crippen LogP contribution < -0.4 is 10.6 Å². The molecule has 2 N–H and O–H groups in total. The fourth-order valence-electron chi connectivity index (χ4n) is 4.67. The molecular weight excluding hydrogens is 460 g/mol. The highest BCUT2D eigenvalue weighted by atomic mass is 16.2. The molecule has 0 bridgehead atoms. The molecule has 6 nitrogen and oxygen atoms in total. The Balaban J connectivity index is 1.77. The molecule has 0 aliphatic carbocycles. The van der Waals surface area contributed by atoms with Crippen LogP contribution in [0.15, 0.2) is 72.8 Å². The molecule has 3 aromatic rings. The summed E-state index contributed by atoms with van der Waals surface area (Å²) in [6.45, 7) is 6.43. The van der Waals surface area contributed by atoms with Crippen LogP contribution in [0.2, 0.25) is 0 Å². The molecule has 2 amide bonds. The Morgan fingerprint density at radius 3 is 2.16 bits per heavy atom. The van der Waals surface area contributed by atoms with Crippen molar-refractivity contribution < 1.29 is 9.59 Å². The highest BCUT2D eigenvalue weighted by molar-refractivity contribution is 6.37. The first-order valence-corrected chi connectivity index (χ1v) is 13.0. The van der Waals surface area contributed by atoms with Gasteiger partial charge < -0.3 is 20.4 Å². The fourth-order valence-corrected chi connectivity index (χ4v) is 4.67. The first-order chi connectivity index (χ1) is 17.9. The lowest BCUT2D eigenvalue weighted by Crippen LogP contribution is -2.32. The van der Waals surface area contributed by atoms with E-state index in [-0.39, 0.29) is 11.8 Å². The fraction of sp³-hybridized carbons (Fsp3) is 0.290. The molecule has 0 radical (unpaired) electrons. The van der Waals surface area contributed by atoms with Crippen molar-refractivity contribution in [1.82, 2.24) is 9.80 Å². The molecule has 0 saturated heterocycles. The SMILES string of the molecule is CCCN(CCC)C(=O)c1ccc2c(c1)C(=C(Nc1ccc(CN(C)C)cc1)c1ccccc1)C(=O)N2. The molecule has 0 spiro atoms. The van der Waals surface area contributed by atoms with Crippen LogP contribution >= 0.6 is 0 Å². The Kier molecular flexibility index (Phi) is 8.41. The number of nitrogens with zero attached hydrogens (tertiary/aromatic N) is 2. The lowest BCUT2D eigenvalue weighted by atomic mass is 9.98. The topological polar surface area (TPSA) is 64.7 Å². The summed E-state index contributed by atoms with van der Waals surface area (Å²) in [6.07, 6.45) is 1.80. The maximum absolute atomic E-state index is 13.3. The van der Waals surface area contributed by atoms with Gasteiger partial charge in [0.25, 0.3) is 11.8 Å². The van der Waals surface area contributed by atoms with Gasteiger partial charge in [-0.2, -0.15) is 0 Å². The van der Waals surface area contributed by atoms with Crippen LogP contribution in [0.25, 0.3) is 11.3 Å². The van der Waals surface area contributed by atoms with Gasteiger partial charge in [-0.1, -0.05) is 56.3 Å². The van der Waals surface area contributed by atoms with E-state index in [0.717, 1.165) is 36.2 Å². The maximum Gasteiger partial charge on any atom is 0.258 e. The molecule has 0 aromatic heterocycles. The van der Waals surface area contributed by atoms with E-state index in [1.54, 1.807) is 0 Å². The molecule has 37 heavy (non-hydrogen) atoms. The van der Waals surface area contributed by atoms with Crippen molar-refractivity contribution in [2.75, 3.05) is 37.8 Å². The van der Waals surface area contributed by atoms with E-state index in [2.05, 4.69) is 41.5 Å². The normalized spacial score (nSPS) is 13.8. The third kappa shape index (κ3) is 6.09. The maximum atomic E-state index is 13.3. The number of fused-ring (bicyclic) bond motifs is 1. The molecule has 0 unspecified atom stereocenters. The van der Waals surface area contributed by atoms with Gasteiger partial charge >= 0.3 is 0 Å². The van der Waals surface area contributed by atoms with E-state index in [1.807, 2.05) is 79.7 Å². The predicted octanol–water partition coefficient (Wildman–Crippen LogP) is 5.94. The summed E-state index contributed by atoms with van der Waals surface area (Å²) < 4.78 is 0. The van der Waals surface area contributed by atoms with Crippen LogP contribution in [0.3, 0.4) is 0 Å². The van der Waals surface area contributed by atoms with E-state index in [0.29, 0.717) is 35.6 Å². The van der Waals surface area contributed by atoms with Gasteiger partial charge in [0.1, 0.15) is 0 Å². The standard InChI is InChI=1S/C31H36N4O2/c1-5-18-35(19-6-2)31(37)24-14-17-27-26(20-24)28(30(36)33-27)29(23-10-8-7-9-11-23)32-25-15-12-22(13-16-25)21-34(3)4/h7-17,20,32H,5-6,18-19,21H2,1-4H3,(H,33,36). The van der Waals surface area contributed by atoms with Gasteiger partial charge in [-0.3, -0.25) is 9.59 Å². The number of carbonyl (C=O) groups is 2. The van der Waals surface area contributed by atoms with Gasteiger partial charge in [-0.25, -0.2) is 0 Å². The van der Waals surface area contributed by atoms with Crippen molar-refractivity contribution in [3.05, 3.63) is 95.1 Å². The molecule has 1 aliphatic heterocycles. The highest BCUT2D eigenvalue weighted by Gasteiger charge is 2.30. The van der Waals surface area contributed by atoms with Gasteiger partial charge in [0, 0.05) is 42.1 Å². The minimum absolute atomic E-state index is 0.00380. The molecule has 4 rings (SSSR count). The zero-order valence-electron chi connectivity index (χ0n) is 22.2. The Bertz CT molecular complexity index is 1270. The quantitative estimate of drug-likeness (QED) is 0.341. The number of amides is 2. The predicted molar refractivity (Wildman–Crippen MR) is 152 cm³/mol. The summed E-state index contributed by atoms with van der Waals surface area (Å²) in [5.41, 5.74) is 6.28. The second-order valence-electron chi connectivity index (χ2n) is 9.68. The summed E-state index contributed by atoms with van der Waals surface area (Å²) in [7, 11) is 4.09. The lowest BCUT2D eigenvalue weighted by Gasteiger charge is -2.22. The third-order valence-electron chi connectivity index (χ3n) is 6.32. The number of benzene rings is 3. The first-order valence-electron chi connectivity index (χ1n) is 13.0. The van der Waals surface area contributed by atoms with Crippen LogP contribution in [-0.4, -0.2) is 48.8 Å². The largest absolute Gasteiger partial charge is 0.354 e. The van der Waals surface area contributed by atoms with Crippen molar-refractivity contribution in [1.29, 1.82) is 0 Å². The van der Waals surface area contributed by atoms with Crippen LogP contribution in [0.1, 0.15) is 53.7 Å². The van der Waals surface area contributed by atoms with Crippen molar-refractivity contribution in [2.45, 2.75) is 33.2 Å². The molecule has 0 atom stereocenters. The summed E-state index contributed by atoms with van der Waals surface area (Å²) in [4.78, 5) is 30.7. The number of anilines is 2. The van der Waals surface area contributed by atoms with Crippen molar-refractivity contribution in [3.8, 4) is 0 Å². The van der Waals surface area contributed by atoms with E-state index < -0.39 is 0 Å². The van der Waals surface area contributed by atoms with Gasteiger partial charge in [-0.15, -0.1) is 0 Å². The minimum Gasteiger partial charge on any atom is -0.354 e. The molecule has 192 valence electrons. The van der Waals surface area contributed by atoms with Gasteiger partial charge in [-0.05, 0) is 68.4 Å². The lowest BCUT2D eigenvalue weighted by molar-refractivity contribution is -0.110. The Morgan fingerprint density at radius 1 is 0.865 bits per heavy atom. The third-order valence-corrected chi connectivity index (χ3v) is 6.32. The van der Waals surface area contributed by atoms with Gasteiger partial charge in [0.05, 0.1) is 11.3 Å². The number of hydrogen-bond acceptors (Lipinski definition) is 4. The second-order valence-corrected chi connectivity index (χ2v) is 9.68. The molecule has 6 heteroatoms. The van der Waals surface area contributed by atoms with Crippen LogP contribution in [-0.2, 0) is 11.3 Å². The number of nitrogens with one attached hydrogen (secondary N) is 2. The van der Waals surface area contributed by atoms with Crippen molar-refractivity contribution in [2.24, 2.45) is 0 Å². The van der Waals surface area contributed by atoms with E-state index in [1.165, 1.54) is 5.56 Å². The van der Waals surface area contributed by atoms with Crippen molar-refractivity contribution >= 4 is 34.5 Å². The molecule has 0 saturated carbocycles. The molecule has 3 aromatic carbocycles. The van der Waals surface area contributed by atoms with E-state index >= 15 is 0 Å². The average molecular weight is 497 g/mol. The van der Waals surface area contributed by atoms with Crippen LogP contribution in [0.4, 0.5) is 11.4 Å². The van der Waals surface area contributed by atoms with E-state index in [4.69, 9.17) is 0 Å². The molecule has 1 heterocycles. The van der Waals surface area contributed by atoms with Gasteiger partial charge in [0.15, 0.2) is 0 Å². The Labute approximate surface area is 220 Å². The Morgan fingerprint density at radius 2 is 1.54 bits per heavy atom. The minimum atomic E-state index is -0.186.